The van der Waals surface area contributed by atoms with Crippen molar-refractivity contribution in [3.8, 4) is 5.75 Å². The number of nitrogens with one attached hydrogen (secondary N) is 1. The minimum atomic E-state index is -3.18. The first-order valence-corrected chi connectivity index (χ1v) is 7.69. The number of carboxylic acid groups (broad SMARTS) is 1. The second kappa shape index (κ2) is 5.12. The lowest BCUT2D eigenvalue weighted by Gasteiger charge is -2.11. The highest BCUT2D eigenvalue weighted by molar-refractivity contribution is 7.91. The number of carbonyl (C=O) groups excluding carboxylic acids is 1. The zero-order chi connectivity index (χ0) is 14.9. The molecule has 1 atom stereocenters. The van der Waals surface area contributed by atoms with Crippen molar-refractivity contribution < 1.29 is 28.2 Å². The summed E-state index contributed by atoms with van der Waals surface area (Å²) in [5.74, 6) is -3.34. The summed E-state index contributed by atoms with van der Waals surface area (Å²) in [5, 5.41) is 21.0. The van der Waals surface area contributed by atoms with Crippen LogP contribution in [0.25, 0.3) is 0 Å². The van der Waals surface area contributed by atoms with E-state index in [9.17, 15) is 23.1 Å². The molecule has 1 fully saturated rings. The van der Waals surface area contributed by atoms with Crippen LogP contribution in [0.4, 0.5) is 5.69 Å². The summed E-state index contributed by atoms with van der Waals surface area (Å²) in [6.45, 7) is 0. The molecule has 1 heterocycles. The Hall–Kier alpha value is -2.09. The molecule has 3 N–H and O–H groups in total. The Bertz CT molecular complexity index is 667. The quantitative estimate of drug-likeness (QED) is 0.697. The van der Waals surface area contributed by atoms with E-state index < -0.39 is 33.4 Å². The van der Waals surface area contributed by atoms with Gasteiger partial charge in [0.25, 0.3) is 0 Å². The minimum Gasteiger partial charge on any atom is -0.505 e. The molecule has 0 radical (unpaired) electrons. The van der Waals surface area contributed by atoms with Crippen molar-refractivity contribution in [2.45, 2.75) is 6.42 Å². The third-order valence-corrected chi connectivity index (χ3v) is 4.90. The van der Waals surface area contributed by atoms with E-state index in [-0.39, 0.29) is 29.2 Å². The number of hydrogen-bond donors (Lipinski definition) is 3. The largest absolute Gasteiger partial charge is 0.505 e. The van der Waals surface area contributed by atoms with Gasteiger partial charge in [-0.1, -0.05) is 6.07 Å². The fraction of sp³-hybridized carbons (Fsp3) is 0.333. The Morgan fingerprint density at radius 2 is 2.00 bits per heavy atom. The van der Waals surface area contributed by atoms with Crippen LogP contribution in [0.1, 0.15) is 16.8 Å². The van der Waals surface area contributed by atoms with Gasteiger partial charge in [-0.15, -0.1) is 0 Å². The van der Waals surface area contributed by atoms with Crippen LogP contribution < -0.4 is 5.32 Å². The van der Waals surface area contributed by atoms with Gasteiger partial charge in [0.1, 0.15) is 5.56 Å². The van der Waals surface area contributed by atoms with Crippen molar-refractivity contribution in [1.29, 1.82) is 0 Å². The molecule has 108 valence electrons. The summed E-state index contributed by atoms with van der Waals surface area (Å²) >= 11 is 0. The Balaban J connectivity index is 2.17. The van der Waals surface area contributed by atoms with Gasteiger partial charge in [0.2, 0.25) is 5.91 Å². The molecule has 20 heavy (non-hydrogen) atoms. The Morgan fingerprint density at radius 1 is 1.30 bits per heavy atom. The van der Waals surface area contributed by atoms with Crippen LogP contribution in [-0.2, 0) is 14.6 Å². The van der Waals surface area contributed by atoms with E-state index in [1.165, 1.54) is 18.2 Å². The Kier molecular flexibility index (Phi) is 3.67. The zero-order valence-electron chi connectivity index (χ0n) is 10.4. The smallest absolute Gasteiger partial charge is 0.339 e. The predicted molar refractivity (Wildman–Crippen MR) is 70.5 cm³/mol. The molecule has 0 aliphatic carbocycles. The van der Waals surface area contributed by atoms with Crippen molar-refractivity contribution in [2.75, 3.05) is 16.8 Å². The number of carboxylic acids is 1. The van der Waals surface area contributed by atoms with Gasteiger partial charge in [0.05, 0.1) is 23.1 Å². The lowest BCUT2D eigenvalue weighted by molar-refractivity contribution is -0.119. The fourth-order valence-electron chi connectivity index (χ4n) is 2.05. The van der Waals surface area contributed by atoms with E-state index >= 15 is 0 Å². The summed E-state index contributed by atoms with van der Waals surface area (Å²) in [6.07, 6.45) is 0.230. The summed E-state index contributed by atoms with van der Waals surface area (Å²) in [4.78, 5) is 22.8. The van der Waals surface area contributed by atoms with Crippen molar-refractivity contribution >= 4 is 27.4 Å². The topological polar surface area (TPSA) is 121 Å². The monoisotopic (exact) mass is 299 g/mol. The van der Waals surface area contributed by atoms with Crippen LogP contribution >= 0.6 is 0 Å². The minimum absolute atomic E-state index is 0.0355. The molecule has 1 saturated heterocycles. The molecular formula is C12H13NO6S. The number of aromatic carboxylic acids is 1. The number of amides is 1. The van der Waals surface area contributed by atoms with Crippen LogP contribution in [-0.4, -0.2) is 42.0 Å². The Morgan fingerprint density at radius 3 is 2.55 bits per heavy atom. The second-order valence-corrected chi connectivity index (χ2v) is 6.82. The molecule has 0 spiro atoms. The average Bonchev–Trinajstić information content (AvgIpc) is 2.72. The van der Waals surface area contributed by atoms with Gasteiger partial charge >= 0.3 is 5.97 Å². The number of rotatable bonds is 3. The Labute approximate surface area is 115 Å². The second-order valence-electron chi connectivity index (χ2n) is 4.60. The molecule has 1 unspecified atom stereocenters. The molecule has 8 heteroatoms. The molecular weight excluding hydrogens is 286 g/mol. The number of phenols is 1. The van der Waals surface area contributed by atoms with E-state index in [1.54, 1.807) is 0 Å². The van der Waals surface area contributed by atoms with E-state index in [1.807, 2.05) is 0 Å². The number of aromatic hydroxyl groups is 1. The highest BCUT2D eigenvalue weighted by Crippen LogP contribution is 2.29. The number of hydrogen-bond acceptors (Lipinski definition) is 5. The van der Waals surface area contributed by atoms with Gasteiger partial charge in [0.15, 0.2) is 15.6 Å². The summed E-state index contributed by atoms with van der Waals surface area (Å²) in [7, 11) is -3.18. The maximum Gasteiger partial charge on any atom is 0.339 e. The molecule has 1 aliphatic heterocycles. The normalized spacial score (nSPS) is 20.5. The van der Waals surface area contributed by atoms with Gasteiger partial charge in [-0.2, -0.15) is 0 Å². The average molecular weight is 299 g/mol. The van der Waals surface area contributed by atoms with Crippen molar-refractivity contribution in [1.82, 2.24) is 0 Å². The van der Waals surface area contributed by atoms with E-state index in [0.717, 1.165) is 0 Å². The third-order valence-electron chi connectivity index (χ3n) is 3.13. The standard InChI is InChI=1S/C12H13NO6S/c14-10-8(12(16)17)2-1-3-9(10)13-11(15)7-4-5-20(18,19)6-7/h1-3,7,14H,4-6H2,(H,13,15)(H,16,17). The van der Waals surface area contributed by atoms with Crippen LogP contribution in [0.3, 0.4) is 0 Å². The number of carbonyl (C=O) groups is 2. The van der Waals surface area contributed by atoms with E-state index in [2.05, 4.69) is 5.32 Å². The van der Waals surface area contributed by atoms with Gasteiger partial charge in [-0.05, 0) is 18.6 Å². The van der Waals surface area contributed by atoms with E-state index in [0.29, 0.717) is 0 Å². The van der Waals surface area contributed by atoms with Crippen LogP contribution in [0, 0.1) is 5.92 Å². The van der Waals surface area contributed by atoms with Crippen molar-refractivity contribution in [3.63, 3.8) is 0 Å². The van der Waals surface area contributed by atoms with Crippen LogP contribution in [0.2, 0.25) is 0 Å². The van der Waals surface area contributed by atoms with Gasteiger partial charge < -0.3 is 15.5 Å². The molecule has 1 aromatic rings. The molecule has 1 aliphatic rings. The van der Waals surface area contributed by atoms with Crippen molar-refractivity contribution in [3.05, 3.63) is 23.8 Å². The molecule has 0 bridgehead atoms. The predicted octanol–water partition coefficient (Wildman–Crippen LogP) is 0.464. The molecule has 1 aromatic carbocycles. The maximum atomic E-state index is 11.9. The SMILES string of the molecule is O=C(O)c1cccc(NC(=O)C2CCS(=O)(=O)C2)c1O. The lowest BCUT2D eigenvalue weighted by atomic mass is 10.1. The summed E-state index contributed by atoms with van der Waals surface area (Å²) < 4.78 is 22.6. The fourth-order valence-corrected chi connectivity index (χ4v) is 3.79. The third kappa shape index (κ3) is 2.90. The van der Waals surface area contributed by atoms with Gasteiger partial charge in [-0.3, -0.25) is 4.79 Å². The summed E-state index contributed by atoms with van der Waals surface area (Å²) in [6, 6.07) is 3.93. The first kappa shape index (κ1) is 14.3. The number of para-hydroxylation sites is 1. The maximum absolute atomic E-state index is 11.9. The molecule has 7 nitrogen and oxygen atoms in total. The first-order chi connectivity index (χ1) is 9.30. The molecule has 0 aromatic heterocycles. The highest BCUT2D eigenvalue weighted by atomic mass is 32.2. The summed E-state index contributed by atoms with van der Waals surface area (Å²) in [5.41, 5.74) is -0.374. The number of sulfone groups is 1. The van der Waals surface area contributed by atoms with Gasteiger partial charge in [-0.25, -0.2) is 13.2 Å². The van der Waals surface area contributed by atoms with Crippen LogP contribution in [0.5, 0.6) is 5.75 Å². The van der Waals surface area contributed by atoms with E-state index in [4.69, 9.17) is 5.11 Å². The lowest BCUT2D eigenvalue weighted by Crippen LogP contribution is -2.23. The number of anilines is 1. The van der Waals surface area contributed by atoms with Crippen LogP contribution in [0.15, 0.2) is 18.2 Å². The molecule has 2 rings (SSSR count). The first-order valence-electron chi connectivity index (χ1n) is 5.87. The molecule has 1 amide bonds. The van der Waals surface area contributed by atoms with Crippen molar-refractivity contribution in [2.24, 2.45) is 5.92 Å². The number of benzene rings is 1. The highest BCUT2D eigenvalue weighted by Gasteiger charge is 2.33. The van der Waals surface area contributed by atoms with Gasteiger partial charge in [0, 0.05) is 0 Å². The zero-order valence-corrected chi connectivity index (χ0v) is 11.2. The molecule has 0 saturated carbocycles.